The standard InChI is InChI=1S/C19H28N2O3S2/c1-14-16-15(4-2-5-19(16)25-12-13-26-19)24-17(14)18(22)20-6-3-7-21-8-10-23-11-9-21/h2-13H2,1H3,(H,20,22)/p+1. The average molecular weight is 398 g/mol. The first-order valence-corrected chi connectivity index (χ1v) is 11.8. The maximum absolute atomic E-state index is 12.7. The van der Waals surface area contributed by atoms with Crippen molar-refractivity contribution in [2.75, 3.05) is 50.9 Å². The van der Waals surface area contributed by atoms with Gasteiger partial charge in [-0.1, -0.05) is 0 Å². The number of carbonyl (C=O) groups is 1. The van der Waals surface area contributed by atoms with E-state index in [9.17, 15) is 4.79 Å². The van der Waals surface area contributed by atoms with Crippen molar-refractivity contribution in [3.8, 4) is 0 Å². The molecule has 2 saturated heterocycles. The summed E-state index contributed by atoms with van der Waals surface area (Å²) in [6, 6.07) is 0. The van der Waals surface area contributed by atoms with Crippen LogP contribution in [-0.2, 0) is 15.2 Å². The van der Waals surface area contributed by atoms with Crippen molar-refractivity contribution in [2.24, 2.45) is 0 Å². The van der Waals surface area contributed by atoms with E-state index in [4.69, 9.17) is 9.15 Å². The van der Waals surface area contributed by atoms with E-state index in [-0.39, 0.29) is 9.99 Å². The Labute approximate surface area is 164 Å². The number of hydrogen-bond donors (Lipinski definition) is 2. The van der Waals surface area contributed by atoms with Gasteiger partial charge in [0.2, 0.25) is 0 Å². The van der Waals surface area contributed by atoms with Gasteiger partial charge in [-0.05, 0) is 19.8 Å². The van der Waals surface area contributed by atoms with E-state index in [1.807, 2.05) is 23.5 Å². The molecule has 1 aromatic rings. The number of carbonyl (C=O) groups excluding carboxylic acids is 1. The Hall–Kier alpha value is -0.630. The number of fused-ring (bicyclic) bond motifs is 2. The molecule has 0 atom stereocenters. The quantitative estimate of drug-likeness (QED) is 0.739. The maximum atomic E-state index is 12.7. The molecule has 1 amide bonds. The van der Waals surface area contributed by atoms with Gasteiger partial charge in [0.25, 0.3) is 5.91 Å². The molecule has 0 aromatic carbocycles. The van der Waals surface area contributed by atoms with Crippen molar-refractivity contribution in [1.29, 1.82) is 0 Å². The molecule has 0 unspecified atom stereocenters. The number of thioether (sulfide) groups is 2. The second-order valence-electron chi connectivity index (χ2n) is 7.38. The van der Waals surface area contributed by atoms with Gasteiger partial charge in [0.1, 0.15) is 18.8 Å². The molecule has 2 aliphatic heterocycles. The van der Waals surface area contributed by atoms with Crippen LogP contribution in [0.5, 0.6) is 0 Å². The predicted octanol–water partition coefficient (Wildman–Crippen LogP) is 1.59. The minimum atomic E-state index is -0.0444. The monoisotopic (exact) mass is 397 g/mol. The third kappa shape index (κ3) is 3.68. The molecule has 2 N–H and O–H groups in total. The van der Waals surface area contributed by atoms with Crippen LogP contribution in [0.25, 0.3) is 0 Å². The molecule has 0 saturated carbocycles. The van der Waals surface area contributed by atoms with Crippen molar-refractivity contribution in [3.05, 3.63) is 22.6 Å². The maximum Gasteiger partial charge on any atom is 0.287 e. The number of rotatable bonds is 5. The van der Waals surface area contributed by atoms with Gasteiger partial charge in [-0.15, -0.1) is 23.5 Å². The van der Waals surface area contributed by atoms with Gasteiger partial charge in [-0.25, -0.2) is 0 Å². The van der Waals surface area contributed by atoms with E-state index >= 15 is 0 Å². The molecule has 5 nitrogen and oxygen atoms in total. The van der Waals surface area contributed by atoms with Crippen molar-refractivity contribution >= 4 is 29.4 Å². The summed E-state index contributed by atoms with van der Waals surface area (Å²) >= 11 is 4.09. The minimum Gasteiger partial charge on any atom is -0.455 e. The fourth-order valence-electron chi connectivity index (χ4n) is 4.34. The molecule has 1 aromatic heterocycles. The summed E-state index contributed by atoms with van der Waals surface area (Å²) in [6.07, 6.45) is 4.31. The average Bonchev–Trinajstić information content (AvgIpc) is 3.25. The molecule has 3 aliphatic rings. The van der Waals surface area contributed by atoms with Crippen LogP contribution in [0.4, 0.5) is 0 Å². The molecule has 2 fully saturated rings. The second kappa shape index (κ2) is 8.17. The molecule has 0 bridgehead atoms. The number of nitrogens with one attached hydrogen (secondary N) is 2. The van der Waals surface area contributed by atoms with Crippen LogP contribution < -0.4 is 10.2 Å². The smallest absolute Gasteiger partial charge is 0.287 e. The number of morpholine rings is 1. The van der Waals surface area contributed by atoms with Crippen LogP contribution in [0.2, 0.25) is 0 Å². The molecule has 26 heavy (non-hydrogen) atoms. The molecule has 7 heteroatoms. The Morgan fingerprint density at radius 3 is 2.81 bits per heavy atom. The molecule has 4 rings (SSSR count). The van der Waals surface area contributed by atoms with Crippen LogP contribution in [0, 0.1) is 6.92 Å². The van der Waals surface area contributed by atoms with Crippen molar-refractivity contribution in [2.45, 2.75) is 36.7 Å². The summed E-state index contributed by atoms with van der Waals surface area (Å²) < 4.78 is 11.6. The lowest BCUT2D eigenvalue weighted by Gasteiger charge is -2.31. The summed E-state index contributed by atoms with van der Waals surface area (Å²) in [5.41, 5.74) is 2.39. The van der Waals surface area contributed by atoms with Gasteiger partial charge < -0.3 is 19.4 Å². The van der Waals surface area contributed by atoms with Crippen LogP contribution in [0.15, 0.2) is 4.42 Å². The van der Waals surface area contributed by atoms with E-state index < -0.39 is 0 Å². The zero-order valence-corrected chi connectivity index (χ0v) is 17.2. The van der Waals surface area contributed by atoms with E-state index in [1.165, 1.54) is 23.5 Å². The van der Waals surface area contributed by atoms with Gasteiger partial charge in [0.15, 0.2) is 5.76 Å². The molecular weight excluding hydrogens is 368 g/mol. The first kappa shape index (κ1) is 18.7. The Bertz CT molecular complexity index is 649. The highest BCUT2D eigenvalue weighted by Gasteiger charge is 2.45. The van der Waals surface area contributed by atoms with Crippen LogP contribution in [0.1, 0.15) is 46.7 Å². The Kier molecular flexibility index (Phi) is 5.88. The highest BCUT2D eigenvalue weighted by Crippen LogP contribution is 2.59. The van der Waals surface area contributed by atoms with E-state index in [0.29, 0.717) is 12.3 Å². The number of hydrogen-bond acceptors (Lipinski definition) is 5. The molecule has 1 aliphatic carbocycles. The number of aryl methyl sites for hydroxylation is 1. The van der Waals surface area contributed by atoms with Gasteiger partial charge in [-0.2, -0.15) is 0 Å². The van der Waals surface area contributed by atoms with Crippen molar-refractivity contribution in [1.82, 2.24) is 5.32 Å². The topological polar surface area (TPSA) is 55.9 Å². The van der Waals surface area contributed by atoms with Crippen LogP contribution in [0.3, 0.4) is 0 Å². The lowest BCUT2D eigenvalue weighted by Crippen LogP contribution is -3.14. The van der Waals surface area contributed by atoms with E-state index in [0.717, 1.165) is 63.4 Å². The number of quaternary nitrogens is 1. The van der Waals surface area contributed by atoms with Gasteiger partial charge in [-0.3, -0.25) is 4.79 Å². The SMILES string of the molecule is Cc1c(C(=O)NCCC[NH+]2CCOCC2)oc2c1C1(CCC2)SCCS1. The normalized spacial score (nSPS) is 22.5. The fourth-order valence-corrected chi connectivity index (χ4v) is 7.90. The summed E-state index contributed by atoms with van der Waals surface area (Å²) in [4.78, 5) is 14.3. The van der Waals surface area contributed by atoms with Crippen molar-refractivity contribution < 1.29 is 18.8 Å². The first-order valence-electron chi connectivity index (χ1n) is 9.80. The highest BCUT2D eigenvalue weighted by molar-refractivity contribution is 8.20. The fraction of sp³-hybridized carbons (Fsp3) is 0.737. The zero-order valence-electron chi connectivity index (χ0n) is 15.5. The van der Waals surface area contributed by atoms with E-state index in [2.05, 4.69) is 12.2 Å². The summed E-state index contributed by atoms with van der Waals surface area (Å²) in [5.74, 6) is 3.94. The minimum absolute atomic E-state index is 0.0444. The largest absolute Gasteiger partial charge is 0.455 e. The molecule has 1 spiro atoms. The Morgan fingerprint density at radius 1 is 1.27 bits per heavy atom. The number of furan rings is 1. The first-order chi connectivity index (χ1) is 12.7. The van der Waals surface area contributed by atoms with Crippen LogP contribution in [-0.4, -0.2) is 56.8 Å². The van der Waals surface area contributed by atoms with Gasteiger partial charge in [0.05, 0.1) is 23.8 Å². The number of ether oxygens (including phenoxy) is 1. The van der Waals surface area contributed by atoms with Crippen molar-refractivity contribution in [3.63, 3.8) is 0 Å². The van der Waals surface area contributed by atoms with Gasteiger partial charge in [0, 0.05) is 42.0 Å². The lowest BCUT2D eigenvalue weighted by atomic mass is 9.94. The Balaban J connectivity index is 1.37. The number of amides is 1. The van der Waals surface area contributed by atoms with Gasteiger partial charge >= 0.3 is 0 Å². The summed E-state index contributed by atoms with van der Waals surface area (Å²) in [7, 11) is 0. The predicted molar refractivity (Wildman–Crippen MR) is 106 cm³/mol. The molecule has 144 valence electrons. The third-order valence-electron chi connectivity index (χ3n) is 5.66. The third-order valence-corrected chi connectivity index (χ3v) is 9.19. The summed E-state index contributed by atoms with van der Waals surface area (Å²) in [5, 5.41) is 3.08. The molecule has 0 radical (unpaired) electrons. The Morgan fingerprint density at radius 2 is 2.04 bits per heavy atom. The molecule has 3 heterocycles. The van der Waals surface area contributed by atoms with Crippen LogP contribution >= 0.6 is 23.5 Å². The second-order valence-corrected chi connectivity index (χ2v) is 10.4. The summed E-state index contributed by atoms with van der Waals surface area (Å²) in [6.45, 7) is 7.75. The van der Waals surface area contributed by atoms with E-state index in [1.54, 1.807) is 4.90 Å². The zero-order chi connectivity index (χ0) is 18.0. The highest BCUT2D eigenvalue weighted by atomic mass is 32.2. The lowest BCUT2D eigenvalue weighted by molar-refractivity contribution is -0.908. The molecular formula is C19H29N2O3S2+.